The van der Waals surface area contributed by atoms with Gasteiger partial charge in [-0.1, -0.05) is 0 Å². The molecule has 0 atom stereocenters. The van der Waals surface area contributed by atoms with E-state index >= 15 is 0 Å². The minimum Gasteiger partial charge on any atom is -0.508 e. The standard InChI is InChI=1S/C12H13N3O2/c13-12-10-5-6-17-7-11(10)15(14-12)8-1-3-9(16)4-2-8/h1-4,16H,5-7H2,(H2,13,14). The van der Waals surface area contributed by atoms with Crippen LogP contribution in [0.4, 0.5) is 5.82 Å². The zero-order chi connectivity index (χ0) is 11.8. The fraction of sp³-hybridized carbons (Fsp3) is 0.250. The maximum absolute atomic E-state index is 9.27. The second-order valence-corrected chi connectivity index (χ2v) is 4.04. The molecule has 0 unspecified atom stereocenters. The number of fused-ring (bicyclic) bond motifs is 1. The maximum Gasteiger partial charge on any atom is 0.149 e. The first-order valence-electron chi connectivity index (χ1n) is 5.49. The van der Waals surface area contributed by atoms with Crippen molar-refractivity contribution in [1.29, 1.82) is 0 Å². The SMILES string of the molecule is Nc1nn(-c2ccc(O)cc2)c2c1CCOC2. The Bertz CT molecular complexity index is 546. The molecule has 3 N–H and O–H groups in total. The van der Waals surface area contributed by atoms with Gasteiger partial charge < -0.3 is 15.6 Å². The second-order valence-electron chi connectivity index (χ2n) is 4.04. The van der Waals surface area contributed by atoms with Crippen molar-refractivity contribution >= 4 is 5.82 Å². The summed E-state index contributed by atoms with van der Waals surface area (Å²) in [4.78, 5) is 0. The van der Waals surface area contributed by atoms with E-state index in [0.717, 1.165) is 23.4 Å². The molecule has 0 aliphatic carbocycles. The third-order valence-corrected chi connectivity index (χ3v) is 2.95. The molecule has 3 rings (SSSR count). The molecule has 0 radical (unpaired) electrons. The van der Waals surface area contributed by atoms with Gasteiger partial charge in [0.2, 0.25) is 0 Å². The molecule has 1 aromatic heterocycles. The Morgan fingerprint density at radius 3 is 2.82 bits per heavy atom. The lowest BCUT2D eigenvalue weighted by atomic mass is 10.1. The molecule has 2 heterocycles. The lowest BCUT2D eigenvalue weighted by molar-refractivity contribution is 0.106. The first kappa shape index (κ1) is 10.2. The van der Waals surface area contributed by atoms with Crippen LogP contribution in [0.1, 0.15) is 11.3 Å². The number of nitrogens with zero attached hydrogens (tertiary/aromatic N) is 2. The average Bonchev–Trinajstić information content (AvgIpc) is 2.69. The van der Waals surface area contributed by atoms with E-state index in [4.69, 9.17) is 10.5 Å². The van der Waals surface area contributed by atoms with E-state index in [2.05, 4.69) is 5.10 Å². The van der Waals surface area contributed by atoms with Gasteiger partial charge in [0.15, 0.2) is 0 Å². The summed E-state index contributed by atoms with van der Waals surface area (Å²) >= 11 is 0. The summed E-state index contributed by atoms with van der Waals surface area (Å²) in [6.45, 7) is 1.22. The zero-order valence-electron chi connectivity index (χ0n) is 9.26. The average molecular weight is 231 g/mol. The Kier molecular flexibility index (Phi) is 2.26. The highest BCUT2D eigenvalue weighted by Gasteiger charge is 2.20. The van der Waals surface area contributed by atoms with Crippen LogP contribution in [-0.2, 0) is 17.8 Å². The Morgan fingerprint density at radius 2 is 2.06 bits per heavy atom. The number of aromatic hydroxyl groups is 1. The number of nitrogen functional groups attached to an aromatic ring is 1. The molecule has 0 saturated heterocycles. The molecule has 5 heteroatoms. The number of hydrogen-bond acceptors (Lipinski definition) is 4. The molecule has 1 aliphatic heterocycles. The van der Waals surface area contributed by atoms with Crippen molar-refractivity contribution in [2.45, 2.75) is 13.0 Å². The summed E-state index contributed by atoms with van der Waals surface area (Å²) in [6.07, 6.45) is 0.805. The van der Waals surface area contributed by atoms with E-state index in [1.54, 1.807) is 28.9 Å². The summed E-state index contributed by atoms with van der Waals surface area (Å²) in [5.74, 6) is 0.801. The lowest BCUT2D eigenvalue weighted by Gasteiger charge is -2.14. The predicted molar refractivity (Wildman–Crippen MR) is 63.0 cm³/mol. The Balaban J connectivity index is 2.11. The molecule has 2 aromatic rings. The largest absolute Gasteiger partial charge is 0.508 e. The van der Waals surface area contributed by atoms with Crippen LogP contribution < -0.4 is 5.73 Å². The van der Waals surface area contributed by atoms with Crippen molar-refractivity contribution in [2.24, 2.45) is 0 Å². The number of phenols is 1. The highest BCUT2D eigenvalue weighted by molar-refractivity contribution is 5.48. The van der Waals surface area contributed by atoms with Gasteiger partial charge >= 0.3 is 0 Å². The van der Waals surface area contributed by atoms with Crippen molar-refractivity contribution in [3.8, 4) is 11.4 Å². The van der Waals surface area contributed by atoms with Crippen LogP contribution in [0.15, 0.2) is 24.3 Å². The van der Waals surface area contributed by atoms with Gasteiger partial charge in [-0.2, -0.15) is 5.10 Å². The maximum atomic E-state index is 9.27. The fourth-order valence-corrected chi connectivity index (χ4v) is 2.08. The van der Waals surface area contributed by atoms with Crippen molar-refractivity contribution in [3.05, 3.63) is 35.5 Å². The molecule has 5 nitrogen and oxygen atoms in total. The van der Waals surface area contributed by atoms with Crippen LogP contribution in [0.3, 0.4) is 0 Å². The van der Waals surface area contributed by atoms with Crippen molar-refractivity contribution in [3.63, 3.8) is 0 Å². The fourth-order valence-electron chi connectivity index (χ4n) is 2.08. The molecule has 0 spiro atoms. The molecule has 0 fully saturated rings. The molecule has 1 aliphatic rings. The number of anilines is 1. The number of phenolic OH excluding ortho intramolecular Hbond substituents is 1. The normalized spacial score (nSPS) is 14.6. The first-order valence-corrected chi connectivity index (χ1v) is 5.49. The van der Waals surface area contributed by atoms with Crippen molar-refractivity contribution in [2.75, 3.05) is 12.3 Å². The number of hydrogen-bond donors (Lipinski definition) is 2. The zero-order valence-corrected chi connectivity index (χ0v) is 9.26. The van der Waals surface area contributed by atoms with E-state index < -0.39 is 0 Å². The topological polar surface area (TPSA) is 73.3 Å². The van der Waals surface area contributed by atoms with Gasteiger partial charge in [0.1, 0.15) is 11.6 Å². The van der Waals surface area contributed by atoms with E-state index in [1.165, 1.54) is 0 Å². The quantitative estimate of drug-likeness (QED) is 0.774. The summed E-state index contributed by atoms with van der Waals surface area (Å²) in [6, 6.07) is 6.86. The smallest absolute Gasteiger partial charge is 0.149 e. The summed E-state index contributed by atoms with van der Waals surface area (Å²) in [5, 5.41) is 13.6. The summed E-state index contributed by atoms with van der Waals surface area (Å²) in [7, 11) is 0. The molecule has 0 bridgehead atoms. The molecule has 0 saturated carbocycles. The minimum absolute atomic E-state index is 0.235. The van der Waals surface area contributed by atoms with E-state index in [1.807, 2.05) is 0 Å². The van der Waals surface area contributed by atoms with Gasteiger partial charge in [-0.25, -0.2) is 4.68 Å². The van der Waals surface area contributed by atoms with Gasteiger partial charge in [-0.05, 0) is 24.3 Å². The molecular formula is C12H13N3O2. The number of nitrogens with two attached hydrogens (primary N) is 1. The number of rotatable bonds is 1. The van der Waals surface area contributed by atoms with Crippen LogP contribution in [-0.4, -0.2) is 21.5 Å². The van der Waals surface area contributed by atoms with Crippen LogP contribution in [0.2, 0.25) is 0 Å². The Labute approximate surface area is 98.4 Å². The Morgan fingerprint density at radius 1 is 1.29 bits per heavy atom. The summed E-state index contributed by atoms with van der Waals surface area (Å²) < 4.78 is 7.21. The molecular weight excluding hydrogens is 218 g/mol. The van der Waals surface area contributed by atoms with Gasteiger partial charge in [-0.15, -0.1) is 0 Å². The third-order valence-electron chi connectivity index (χ3n) is 2.95. The summed E-state index contributed by atoms with van der Waals surface area (Å²) in [5.41, 5.74) is 8.84. The highest BCUT2D eigenvalue weighted by Crippen LogP contribution is 2.25. The van der Waals surface area contributed by atoms with Gasteiger partial charge in [0.05, 0.1) is 24.6 Å². The van der Waals surface area contributed by atoms with Crippen molar-refractivity contribution in [1.82, 2.24) is 9.78 Å². The first-order chi connectivity index (χ1) is 8.25. The number of aromatic nitrogens is 2. The number of benzene rings is 1. The minimum atomic E-state index is 0.235. The molecule has 0 amide bonds. The van der Waals surface area contributed by atoms with Gasteiger partial charge in [0.25, 0.3) is 0 Å². The van der Waals surface area contributed by atoms with Crippen molar-refractivity contribution < 1.29 is 9.84 Å². The molecule has 1 aromatic carbocycles. The van der Waals surface area contributed by atoms with Crippen LogP contribution in [0.25, 0.3) is 5.69 Å². The Hall–Kier alpha value is -2.01. The lowest BCUT2D eigenvalue weighted by Crippen LogP contribution is -2.12. The molecule has 17 heavy (non-hydrogen) atoms. The third kappa shape index (κ3) is 1.64. The molecule has 88 valence electrons. The van der Waals surface area contributed by atoms with Crippen LogP contribution in [0, 0.1) is 0 Å². The van der Waals surface area contributed by atoms with E-state index in [0.29, 0.717) is 19.0 Å². The number of ether oxygens (including phenoxy) is 1. The monoisotopic (exact) mass is 231 g/mol. The van der Waals surface area contributed by atoms with E-state index in [9.17, 15) is 5.11 Å². The van der Waals surface area contributed by atoms with Crippen LogP contribution in [0.5, 0.6) is 5.75 Å². The van der Waals surface area contributed by atoms with Crippen LogP contribution >= 0.6 is 0 Å². The van der Waals surface area contributed by atoms with Gasteiger partial charge in [0, 0.05) is 12.0 Å². The predicted octanol–water partition coefficient (Wildman–Crippen LogP) is 1.23. The van der Waals surface area contributed by atoms with Gasteiger partial charge in [-0.3, -0.25) is 0 Å². The second kappa shape index (κ2) is 3.78. The highest BCUT2D eigenvalue weighted by atomic mass is 16.5. The van der Waals surface area contributed by atoms with E-state index in [-0.39, 0.29) is 5.75 Å².